The van der Waals surface area contributed by atoms with Crippen molar-refractivity contribution in [1.82, 2.24) is 0 Å². The van der Waals surface area contributed by atoms with Crippen LogP contribution in [-0.2, 0) is 11.3 Å². The molecular weight excluding hydrogens is 250 g/mol. The molecule has 0 aromatic heterocycles. The standard InChI is InChI=1S/C13H21NO5/c1-16-11-5-4-9(7-19-8-10(15)6-14)12(17-2)13(11)18-3/h4-5,10,15H,6-8,14H2,1-3H3. The van der Waals surface area contributed by atoms with Gasteiger partial charge in [-0.25, -0.2) is 0 Å². The highest BCUT2D eigenvalue weighted by Crippen LogP contribution is 2.39. The van der Waals surface area contributed by atoms with Crippen LogP contribution in [0.25, 0.3) is 0 Å². The van der Waals surface area contributed by atoms with Gasteiger partial charge in [0.1, 0.15) is 0 Å². The van der Waals surface area contributed by atoms with E-state index in [2.05, 4.69) is 0 Å². The third-order valence-electron chi connectivity index (χ3n) is 2.63. The number of benzene rings is 1. The van der Waals surface area contributed by atoms with Crippen LogP contribution in [0, 0.1) is 0 Å². The molecule has 0 aliphatic heterocycles. The second-order valence-electron chi connectivity index (χ2n) is 3.90. The Labute approximate surface area is 113 Å². The van der Waals surface area contributed by atoms with Crippen molar-refractivity contribution in [3.63, 3.8) is 0 Å². The molecule has 1 atom stereocenters. The highest BCUT2D eigenvalue weighted by Gasteiger charge is 2.15. The maximum Gasteiger partial charge on any atom is 0.203 e. The Balaban J connectivity index is 2.83. The zero-order valence-corrected chi connectivity index (χ0v) is 11.5. The van der Waals surface area contributed by atoms with Gasteiger partial charge in [-0.05, 0) is 12.1 Å². The predicted octanol–water partition coefficient (Wildman–Crippen LogP) is 0.549. The lowest BCUT2D eigenvalue weighted by atomic mass is 10.2. The molecule has 19 heavy (non-hydrogen) atoms. The molecule has 0 saturated heterocycles. The van der Waals surface area contributed by atoms with Gasteiger partial charge in [-0.1, -0.05) is 0 Å². The molecule has 1 aromatic rings. The van der Waals surface area contributed by atoms with Crippen LogP contribution in [0.4, 0.5) is 0 Å². The third kappa shape index (κ3) is 3.99. The minimum absolute atomic E-state index is 0.170. The molecule has 0 fully saturated rings. The van der Waals surface area contributed by atoms with Gasteiger partial charge < -0.3 is 29.8 Å². The summed E-state index contributed by atoms with van der Waals surface area (Å²) in [7, 11) is 4.66. The Kier molecular flexibility index (Phi) is 6.41. The maximum atomic E-state index is 9.32. The van der Waals surface area contributed by atoms with Gasteiger partial charge in [0.15, 0.2) is 11.5 Å². The van der Waals surface area contributed by atoms with Crippen molar-refractivity contribution >= 4 is 0 Å². The molecule has 6 heteroatoms. The molecule has 0 saturated carbocycles. The van der Waals surface area contributed by atoms with Crippen LogP contribution in [0.3, 0.4) is 0 Å². The number of aliphatic hydroxyl groups is 1. The van der Waals surface area contributed by atoms with Gasteiger partial charge in [0.2, 0.25) is 5.75 Å². The number of hydrogen-bond acceptors (Lipinski definition) is 6. The Bertz CT molecular complexity index is 397. The molecule has 0 bridgehead atoms. The Morgan fingerprint density at radius 3 is 2.32 bits per heavy atom. The molecule has 0 spiro atoms. The van der Waals surface area contributed by atoms with E-state index in [1.54, 1.807) is 27.4 Å². The van der Waals surface area contributed by atoms with E-state index in [9.17, 15) is 5.11 Å². The van der Waals surface area contributed by atoms with Gasteiger partial charge in [-0.2, -0.15) is 0 Å². The Morgan fingerprint density at radius 1 is 1.11 bits per heavy atom. The molecule has 1 aromatic carbocycles. The Morgan fingerprint density at radius 2 is 1.79 bits per heavy atom. The van der Waals surface area contributed by atoms with Crippen molar-refractivity contribution in [1.29, 1.82) is 0 Å². The van der Waals surface area contributed by atoms with Crippen molar-refractivity contribution in [3.8, 4) is 17.2 Å². The zero-order chi connectivity index (χ0) is 14.3. The summed E-state index contributed by atoms with van der Waals surface area (Å²) >= 11 is 0. The van der Waals surface area contributed by atoms with E-state index in [4.69, 9.17) is 24.7 Å². The van der Waals surface area contributed by atoms with Crippen LogP contribution in [0.1, 0.15) is 5.56 Å². The second kappa shape index (κ2) is 7.83. The third-order valence-corrected chi connectivity index (χ3v) is 2.63. The molecule has 108 valence electrons. The SMILES string of the molecule is COc1ccc(COCC(O)CN)c(OC)c1OC. The summed E-state index contributed by atoms with van der Waals surface area (Å²) in [4.78, 5) is 0. The lowest BCUT2D eigenvalue weighted by Crippen LogP contribution is -2.25. The summed E-state index contributed by atoms with van der Waals surface area (Å²) < 4.78 is 21.2. The van der Waals surface area contributed by atoms with Gasteiger partial charge in [0, 0.05) is 12.1 Å². The minimum atomic E-state index is -0.661. The van der Waals surface area contributed by atoms with Gasteiger partial charge in [0.05, 0.1) is 40.6 Å². The summed E-state index contributed by atoms with van der Waals surface area (Å²) in [5.74, 6) is 1.67. The van der Waals surface area contributed by atoms with Gasteiger partial charge in [0.25, 0.3) is 0 Å². The van der Waals surface area contributed by atoms with Crippen molar-refractivity contribution in [2.75, 3.05) is 34.5 Å². The van der Waals surface area contributed by atoms with E-state index >= 15 is 0 Å². The van der Waals surface area contributed by atoms with Crippen LogP contribution in [0.2, 0.25) is 0 Å². The quantitative estimate of drug-likeness (QED) is 0.718. The zero-order valence-electron chi connectivity index (χ0n) is 11.5. The number of ether oxygens (including phenoxy) is 4. The van der Waals surface area contributed by atoms with E-state index in [-0.39, 0.29) is 13.2 Å². The summed E-state index contributed by atoms with van der Waals surface area (Å²) in [6, 6.07) is 3.61. The lowest BCUT2D eigenvalue weighted by Gasteiger charge is -2.16. The Hall–Kier alpha value is -1.50. The molecule has 0 heterocycles. The summed E-state index contributed by atoms with van der Waals surface area (Å²) in [5, 5.41) is 9.32. The number of aliphatic hydroxyl groups excluding tert-OH is 1. The van der Waals surface area contributed by atoms with E-state index in [1.165, 1.54) is 0 Å². The van der Waals surface area contributed by atoms with Crippen molar-refractivity contribution in [2.45, 2.75) is 12.7 Å². The number of rotatable bonds is 8. The fraction of sp³-hybridized carbons (Fsp3) is 0.538. The van der Waals surface area contributed by atoms with E-state index in [0.29, 0.717) is 23.9 Å². The van der Waals surface area contributed by atoms with Gasteiger partial charge >= 0.3 is 0 Å². The highest BCUT2D eigenvalue weighted by molar-refractivity contribution is 5.55. The maximum absolute atomic E-state index is 9.32. The molecule has 0 radical (unpaired) electrons. The lowest BCUT2D eigenvalue weighted by molar-refractivity contribution is 0.0321. The fourth-order valence-electron chi connectivity index (χ4n) is 1.65. The second-order valence-corrected chi connectivity index (χ2v) is 3.90. The smallest absolute Gasteiger partial charge is 0.203 e. The normalized spacial score (nSPS) is 12.1. The molecular formula is C13H21NO5. The average molecular weight is 271 g/mol. The monoisotopic (exact) mass is 271 g/mol. The molecule has 3 N–H and O–H groups in total. The topological polar surface area (TPSA) is 83.2 Å². The number of hydrogen-bond donors (Lipinski definition) is 2. The van der Waals surface area contributed by atoms with Crippen molar-refractivity contribution in [2.24, 2.45) is 5.73 Å². The van der Waals surface area contributed by atoms with E-state index in [0.717, 1.165) is 5.56 Å². The molecule has 1 unspecified atom stereocenters. The molecule has 0 aliphatic carbocycles. The first kappa shape index (κ1) is 15.6. The number of methoxy groups -OCH3 is 3. The van der Waals surface area contributed by atoms with E-state index < -0.39 is 6.10 Å². The van der Waals surface area contributed by atoms with Crippen LogP contribution in [0.15, 0.2) is 12.1 Å². The van der Waals surface area contributed by atoms with Crippen LogP contribution < -0.4 is 19.9 Å². The first-order valence-corrected chi connectivity index (χ1v) is 5.91. The summed E-state index contributed by atoms with van der Waals surface area (Å²) in [6.07, 6.45) is -0.661. The molecule has 0 amide bonds. The fourth-order valence-corrected chi connectivity index (χ4v) is 1.65. The van der Waals surface area contributed by atoms with Gasteiger partial charge in [-0.3, -0.25) is 0 Å². The minimum Gasteiger partial charge on any atom is -0.493 e. The van der Waals surface area contributed by atoms with Crippen molar-refractivity contribution in [3.05, 3.63) is 17.7 Å². The van der Waals surface area contributed by atoms with Gasteiger partial charge in [-0.15, -0.1) is 0 Å². The largest absolute Gasteiger partial charge is 0.493 e. The van der Waals surface area contributed by atoms with E-state index in [1.807, 2.05) is 6.07 Å². The first-order chi connectivity index (χ1) is 9.17. The number of nitrogens with two attached hydrogens (primary N) is 1. The van der Waals surface area contributed by atoms with Crippen LogP contribution >= 0.6 is 0 Å². The van der Waals surface area contributed by atoms with Crippen LogP contribution in [-0.4, -0.2) is 45.7 Å². The summed E-state index contributed by atoms with van der Waals surface area (Å²) in [5.41, 5.74) is 6.11. The summed E-state index contributed by atoms with van der Waals surface area (Å²) in [6.45, 7) is 0.637. The van der Waals surface area contributed by atoms with Crippen molar-refractivity contribution < 1.29 is 24.1 Å². The molecule has 0 aliphatic rings. The predicted molar refractivity (Wildman–Crippen MR) is 70.8 cm³/mol. The average Bonchev–Trinajstić information content (AvgIpc) is 2.45. The molecule has 6 nitrogen and oxygen atoms in total. The first-order valence-electron chi connectivity index (χ1n) is 5.91. The highest BCUT2D eigenvalue weighted by atomic mass is 16.5. The van der Waals surface area contributed by atoms with Crippen LogP contribution in [0.5, 0.6) is 17.2 Å². The molecule has 1 rings (SSSR count).